The summed E-state index contributed by atoms with van der Waals surface area (Å²) in [5.74, 6) is -0.199. The highest BCUT2D eigenvalue weighted by molar-refractivity contribution is 6.39. The molecular formula is C47H43Cl2FN10O. The molecule has 1 atom stereocenters. The zero-order chi connectivity index (χ0) is 41.9. The molecule has 0 unspecified atom stereocenters. The Morgan fingerprint density at radius 1 is 0.623 bits per heavy atom. The lowest BCUT2D eigenvalue weighted by Gasteiger charge is -2.15. The Morgan fingerprint density at radius 2 is 1.13 bits per heavy atom. The summed E-state index contributed by atoms with van der Waals surface area (Å²) in [6.07, 6.45) is 1.95. The van der Waals surface area contributed by atoms with Gasteiger partial charge < -0.3 is 9.80 Å². The van der Waals surface area contributed by atoms with Crippen LogP contribution in [0.4, 0.5) is 4.39 Å². The second-order valence-corrected chi connectivity index (χ2v) is 16.2. The van der Waals surface area contributed by atoms with E-state index < -0.39 is 6.17 Å². The van der Waals surface area contributed by atoms with Gasteiger partial charge in [0.25, 0.3) is 0 Å². The number of alkyl halides is 1. The number of amides is 1. The van der Waals surface area contributed by atoms with Crippen LogP contribution in [0.5, 0.6) is 0 Å². The highest BCUT2D eigenvalue weighted by atomic mass is 35.5. The molecule has 0 spiro atoms. The van der Waals surface area contributed by atoms with Gasteiger partial charge in [-0.1, -0.05) is 138 Å². The maximum absolute atomic E-state index is 13.6. The predicted octanol–water partition coefficient (Wildman–Crippen LogP) is 9.60. The summed E-state index contributed by atoms with van der Waals surface area (Å²) in [7, 11) is 0. The van der Waals surface area contributed by atoms with Crippen molar-refractivity contribution in [3.8, 4) is 45.0 Å². The minimum absolute atomic E-state index is 0.0509. The lowest BCUT2D eigenvalue weighted by Crippen LogP contribution is -2.32. The predicted molar refractivity (Wildman–Crippen MR) is 239 cm³/mol. The fourth-order valence-electron chi connectivity index (χ4n) is 8.07. The smallest absolute Gasteiger partial charge is 0.244 e. The van der Waals surface area contributed by atoms with Crippen molar-refractivity contribution in [2.45, 2.75) is 45.4 Å². The average Bonchev–Trinajstić information content (AvgIpc) is 4.12. The number of carbonyl (C=O) groups is 1. The summed E-state index contributed by atoms with van der Waals surface area (Å²) < 4.78 is 17.1. The highest BCUT2D eigenvalue weighted by Gasteiger charge is 2.28. The van der Waals surface area contributed by atoms with E-state index in [0.29, 0.717) is 51.1 Å². The summed E-state index contributed by atoms with van der Waals surface area (Å²) in [6.45, 7) is 6.55. The molecule has 11 nitrogen and oxygen atoms in total. The summed E-state index contributed by atoms with van der Waals surface area (Å²) in [6, 6.07) is 37.6. The largest absolute Gasteiger partial charge is 0.338 e. The number of fused-ring (bicyclic) bond motifs is 2. The summed E-state index contributed by atoms with van der Waals surface area (Å²) in [5, 5.41) is 30.0. The molecular weight excluding hydrogens is 810 g/mol. The molecule has 0 saturated carbocycles. The number of hydrogen-bond acceptors (Lipinski definition) is 8. The van der Waals surface area contributed by atoms with Crippen LogP contribution in [0.1, 0.15) is 24.8 Å². The van der Waals surface area contributed by atoms with Crippen LogP contribution in [-0.2, 0) is 17.9 Å². The molecule has 10 rings (SSSR count). The Labute approximate surface area is 362 Å². The zero-order valence-corrected chi connectivity index (χ0v) is 35.1. The maximum atomic E-state index is 13.6. The molecule has 2 saturated heterocycles. The minimum atomic E-state index is -0.973. The maximum Gasteiger partial charge on any atom is 0.244 e. The van der Waals surface area contributed by atoms with Gasteiger partial charge >= 0.3 is 0 Å². The molecule has 0 aliphatic carbocycles. The van der Waals surface area contributed by atoms with Gasteiger partial charge in [0, 0.05) is 35.3 Å². The van der Waals surface area contributed by atoms with Crippen LogP contribution in [0.25, 0.3) is 67.1 Å². The minimum Gasteiger partial charge on any atom is -0.338 e. The van der Waals surface area contributed by atoms with Crippen molar-refractivity contribution >= 4 is 51.2 Å². The van der Waals surface area contributed by atoms with Gasteiger partial charge in [0.15, 0.2) is 11.3 Å². The van der Waals surface area contributed by atoms with E-state index in [1.807, 2.05) is 115 Å². The van der Waals surface area contributed by atoms with E-state index in [1.165, 1.54) is 22.4 Å². The fourth-order valence-corrected chi connectivity index (χ4v) is 8.71. The standard InChI is InChI=1S/C24H21ClFN5O.C23H22ClN5/c1-15-6-5-9-17(12-15)22-20-21(25)23(16-7-3-2-4-8-16)27-28-24(20)31(29-22)14-19(32)30-11-10-18(26)13-30;24-20-19-21(17-9-3-1-4-10-17)27-29(16-15-28-13-7-8-14-28)23(19)26-25-22(20)18-11-5-2-6-12-18/h2-9,12,18H,10-11,13-14H2,1H3;1-6,9-12H,7-8,13-16H2/t18-;/m1./s1. The third-order valence-electron chi connectivity index (χ3n) is 11.2. The SMILES string of the molecule is Cc1cccc(-c2nn(CC(=O)N3CC[C@@H](F)C3)c3nnc(-c4ccccc4)c(Cl)c23)c1.Clc1c(-c2ccccc2)nnc2c1c(-c1ccccc1)nn2CCN1CCCC1. The number of nitrogens with zero attached hydrogens (tertiary/aromatic N) is 10. The van der Waals surface area contributed by atoms with Gasteiger partial charge in [-0.2, -0.15) is 10.2 Å². The molecule has 4 aromatic heterocycles. The number of carbonyl (C=O) groups excluding carboxylic acids is 1. The number of aromatic nitrogens is 8. The Morgan fingerprint density at radius 3 is 1.67 bits per heavy atom. The number of likely N-dealkylation sites (tertiary alicyclic amines) is 2. The van der Waals surface area contributed by atoms with Crippen molar-refractivity contribution in [2.24, 2.45) is 0 Å². The molecule has 0 bridgehead atoms. The van der Waals surface area contributed by atoms with Crippen molar-refractivity contribution in [3.05, 3.63) is 131 Å². The van der Waals surface area contributed by atoms with Gasteiger partial charge in [0.2, 0.25) is 5.91 Å². The molecule has 8 aromatic rings. The summed E-state index contributed by atoms with van der Waals surface area (Å²) in [4.78, 5) is 16.8. The first-order valence-corrected chi connectivity index (χ1v) is 21.3. The van der Waals surface area contributed by atoms with Crippen molar-refractivity contribution in [1.82, 2.24) is 49.8 Å². The monoisotopic (exact) mass is 852 g/mol. The molecule has 2 fully saturated rings. The van der Waals surface area contributed by atoms with Crippen molar-refractivity contribution in [1.29, 1.82) is 0 Å². The Bertz CT molecular complexity index is 2810. The molecule has 61 heavy (non-hydrogen) atoms. The van der Waals surface area contributed by atoms with Gasteiger partial charge in [-0.25, -0.2) is 13.8 Å². The van der Waals surface area contributed by atoms with Crippen LogP contribution in [0.3, 0.4) is 0 Å². The van der Waals surface area contributed by atoms with E-state index in [1.54, 1.807) is 0 Å². The third kappa shape index (κ3) is 8.48. The molecule has 4 aromatic carbocycles. The number of rotatable bonds is 9. The van der Waals surface area contributed by atoms with E-state index in [0.717, 1.165) is 70.7 Å². The van der Waals surface area contributed by atoms with E-state index in [2.05, 4.69) is 37.4 Å². The van der Waals surface area contributed by atoms with E-state index in [-0.39, 0.29) is 19.0 Å². The van der Waals surface area contributed by atoms with E-state index in [4.69, 9.17) is 33.4 Å². The fraction of sp³-hybridized carbons (Fsp3) is 0.255. The quantitative estimate of drug-likeness (QED) is 0.141. The zero-order valence-electron chi connectivity index (χ0n) is 33.6. The van der Waals surface area contributed by atoms with Gasteiger partial charge in [-0.05, 0) is 45.3 Å². The summed E-state index contributed by atoms with van der Waals surface area (Å²) >= 11 is 13.8. The lowest BCUT2D eigenvalue weighted by molar-refractivity contribution is -0.131. The van der Waals surface area contributed by atoms with Crippen molar-refractivity contribution < 1.29 is 9.18 Å². The number of benzene rings is 4. The van der Waals surface area contributed by atoms with E-state index >= 15 is 0 Å². The van der Waals surface area contributed by atoms with Gasteiger partial charge in [0.05, 0.1) is 33.9 Å². The number of aryl methyl sites for hydroxylation is 1. The molecule has 14 heteroatoms. The van der Waals surface area contributed by atoms with Gasteiger partial charge in [0.1, 0.15) is 35.5 Å². The number of hydrogen-bond donors (Lipinski definition) is 0. The van der Waals surface area contributed by atoms with Gasteiger partial charge in [-0.15, -0.1) is 20.4 Å². The highest BCUT2D eigenvalue weighted by Crippen LogP contribution is 2.39. The first-order valence-electron chi connectivity index (χ1n) is 20.5. The molecule has 2 aliphatic heterocycles. The Kier molecular flexibility index (Phi) is 11.8. The molecule has 1 amide bonds. The topological polar surface area (TPSA) is 111 Å². The van der Waals surface area contributed by atoms with Crippen LogP contribution in [0.2, 0.25) is 10.0 Å². The van der Waals surface area contributed by atoms with Crippen molar-refractivity contribution in [3.63, 3.8) is 0 Å². The third-order valence-corrected chi connectivity index (χ3v) is 12.0. The van der Waals surface area contributed by atoms with Crippen molar-refractivity contribution in [2.75, 3.05) is 32.7 Å². The average molecular weight is 854 g/mol. The van der Waals surface area contributed by atoms with E-state index in [9.17, 15) is 9.18 Å². The first-order chi connectivity index (χ1) is 29.8. The van der Waals surface area contributed by atoms with Crippen LogP contribution in [0, 0.1) is 6.92 Å². The molecule has 0 radical (unpaired) electrons. The summed E-state index contributed by atoms with van der Waals surface area (Å²) in [5.41, 5.74) is 8.70. The molecule has 0 N–H and O–H groups in total. The number of halogens is 3. The lowest BCUT2D eigenvalue weighted by atomic mass is 10.1. The van der Waals surface area contributed by atoms with Crippen LogP contribution in [0.15, 0.2) is 115 Å². The molecule has 2 aliphatic rings. The van der Waals surface area contributed by atoms with Crippen LogP contribution < -0.4 is 0 Å². The molecule has 308 valence electrons. The Hall–Kier alpha value is -6.08. The normalized spacial score (nSPS) is 15.4. The molecule has 6 heterocycles. The Balaban J connectivity index is 0.000000157. The van der Waals surface area contributed by atoms with Gasteiger partial charge in [-0.3, -0.25) is 4.79 Å². The second-order valence-electron chi connectivity index (χ2n) is 15.4. The first kappa shape index (κ1) is 40.3. The van der Waals surface area contributed by atoms with Crippen LogP contribution >= 0.6 is 23.2 Å². The second kappa shape index (κ2) is 17.9. The van der Waals surface area contributed by atoms with Crippen LogP contribution in [-0.4, -0.2) is 94.6 Å².